The molecule has 0 atom stereocenters. The van der Waals surface area contributed by atoms with E-state index in [1.54, 1.807) is 0 Å². The maximum absolute atomic E-state index is 9.32. The van der Waals surface area contributed by atoms with Gasteiger partial charge in [-0.25, -0.2) is 0 Å². The van der Waals surface area contributed by atoms with Crippen molar-refractivity contribution in [2.75, 3.05) is 96.1 Å². The fourth-order valence-corrected chi connectivity index (χ4v) is 51.1. The highest BCUT2D eigenvalue weighted by Gasteiger charge is 2.35. The lowest BCUT2D eigenvalue weighted by molar-refractivity contribution is 1.13. The van der Waals surface area contributed by atoms with E-state index in [0.717, 1.165) is 58.9 Å². The Morgan fingerprint density at radius 2 is 0.358 bits per heavy atom. The number of thioether (sulfide) groups is 32. The average molecular weight is 1670 g/mol. The second-order valence-corrected chi connectivity index (χ2v) is 52.7. The van der Waals surface area contributed by atoms with E-state index >= 15 is 0 Å². The molecule has 0 aromatic heterocycles. The molecule has 0 fully saturated rings. The van der Waals surface area contributed by atoms with E-state index in [0.29, 0.717) is 12.8 Å². The van der Waals surface area contributed by atoms with Gasteiger partial charge in [0.05, 0.1) is 114 Å². The van der Waals surface area contributed by atoms with Crippen molar-refractivity contribution in [3.8, 4) is 12.1 Å². The highest BCUT2D eigenvalue weighted by Crippen LogP contribution is 2.70. The molecule has 34 heteroatoms. The molecule has 0 saturated heterocycles. The van der Waals surface area contributed by atoms with Gasteiger partial charge in [-0.05, 0) is 104 Å². The van der Waals surface area contributed by atoms with E-state index in [9.17, 15) is 10.5 Å². The van der Waals surface area contributed by atoms with Crippen LogP contribution in [-0.2, 0) is 0 Å². The molecule has 0 radical (unpaired) electrons. The Morgan fingerprint density at radius 1 is 0.222 bits per heavy atom. The van der Waals surface area contributed by atoms with Crippen molar-refractivity contribution < 1.29 is 0 Å². The van der Waals surface area contributed by atoms with Gasteiger partial charge < -0.3 is 0 Å². The fourth-order valence-electron chi connectivity index (χ4n) is 6.10. The summed E-state index contributed by atoms with van der Waals surface area (Å²) in [7, 11) is 0. The van der Waals surface area contributed by atoms with Gasteiger partial charge in [0.1, 0.15) is 0 Å². The van der Waals surface area contributed by atoms with Gasteiger partial charge in [-0.2, -0.15) is 10.5 Å². The third kappa shape index (κ3) is 22.0. The molecule has 8 rings (SSSR count). The molecule has 0 amide bonds. The summed E-state index contributed by atoms with van der Waals surface area (Å²) < 4.78 is 34.6. The van der Waals surface area contributed by atoms with Crippen molar-refractivity contribution in [1.29, 1.82) is 10.5 Å². The van der Waals surface area contributed by atoms with Gasteiger partial charge in [-0.15, -0.1) is 188 Å². The molecule has 81 heavy (non-hydrogen) atoms. The third-order valence-electron chi connectivity index (χ3n) is 9.61. The Morgan fingerprint density at radius 3 is 0.494 bits per heavy atom. The zero-order chi connectivity index (χ0) is 57.1. The van der Waals surface area contributed by atoms with Crippen LogP contribution in [-0.4, -0.2) is 96.1 Å². The first-order chi connectivity index (χ1) is 39.7. The second-order valence-electron chi connectivity index (χ2n) is 14.8. The smallest absolute Gasteiger partial charge is 0.0717 e. The Hall–Kier alpha value is 7.06. The zero-order valence-electron chi connectivity index (χ0n) is 44.2. The number of nitriles is 2. The first-order valence-corrected chi connectivity index (χ1v) is 54.3. The number of rotatable bonds is 32. The Labute approximate surface area is 618 Å². The van der Waals surface area contributed by atoms with Crippen LogP contribution in [0.1, 0.15) is 32.1 Å². The predicted octanol–water partition coefficient (Wildman–Crippen LogP) is 28.1. The lowest BCUT2D eigenvalue weighted by atomic mass is 10.6. The van der Waals surface area contributed by atoms with Gasteiger partial charge in [0.25, 0.3) is 0 Å². The van der Waals surface area contributed by atoms with Crippen molar-refractivity contribution >= 4 is 376 Å². The van der Waals surface area contributed by atoms with Gasteiger partial charge in [0.2, 0.25) is 0 Å². The van der Waals surface area contributed by atoms with Crippen LogP contribution in [0.3, 0.4) is 0 Å². The summed E-state index contributed by atoms with van der Waals surface area (Å²) in [5.74, 6) is 8.35. The molecule has 8 heterocycles. The van der Waals surface area contributed by atoms with Crippen LogP contribution in [0.4, 0.5) is 0 Å². The fraction of sp³-hybridized carbons (Fsp3) is 0.447. The van der Waals surface area contributed by atoms with Crippen molar-refractivity contribution in [1.82, 2.24) is 0 Å². The standard InChI is InChI=1S/C47H50N2S32/c1-50-24-25(51-2)67-40(66-24)44-74-32(58-16-9-14-48)34(76-44)60-18-11-20-62-36-38(80-46(78-36)42-70-28(54-5)29(55-6)71-42)64-22-13-23-65-39-37(79-47(81-39)43-72-30(56-7)31(57-8)73-43)63-21-12-19-61-35-33(59-17-10-15-49)75-45(77-35)41-68-26(52-3)27(53-4)69-41/h9-13,16-23H2,1-8H3. The van der Waals surface area contributed by atoms with Gasteiger partial charge in [0, 0.05) is 24.3 Å². The maximum Gasteiger partial charge on any atom is 0.0717 e. The van der Waals surface area contributed by atoms with E-state index < -0.39 is 0 Å². The Bertz CT molecular complexity index is 2570. The lowest BCUT2D eigenvalue weighted by Crippen LogP contribution is -1.87. The Balaban J connectivity index is 0.866. The van der Waals surface area contributed by atoms with Crippen molar-refractivity contribution in [2.45, 2.75) is 32.1 Å². The molecule has 8 aliphatic rings. The summed E-state index contributed by atoms with van der Waals surface area (Å²) in [5.41, 5.74) is 0. The molecule has 0 saturated carbocycles. The van der Waals surface area contributed by atoms with Crippen LogP contribution in [0.5, 0.6) is 0 Å². The second kappa shape index (κ2) is 40.6. The molecule has 440 valence electrons. The SMILES string of the molecule is CSC1=C(SC)SC(=C2SC(SCCC#N)=C(SCCCSC3=C(SCCCSC4=C(SCCCSC5=C(SCCC#N)SC(=C6SC(SC)=C(SC)S6)S5)SC(=C5SC(SC)=C(SC)S5)S4)SC(=C4SC(SC)=C(SC)S4)S3)S2)S1. The molecule has 2 nitrogen and oxygen atoms in total. The molecule has 0 N–H and O–H groups in total. The number of hydrogen-bond acceptors (Lipinski definition) is 34. The molecule has 0 aromatic carbocycles. The molecule has 0 bridgehead atoms. The van der Waals surface area contributed by atoms with Gasteiger partial charge in [-0.1, -0.05) is 188 Å². The molecule has 8 aliphatic heterocycles. The van der Waals surface area contributed by atoms with Crippen LogP contribution in [0, 0.1) is 22.7 Å². The zero-order valence-corrected chi connectivity index (χ0v) is 70.3. The van der Waals surface area contributed by atoms with Crippen molar-refractivity contribution in [3.05, 3.63) is 102 Å². The summed E-state index contributed by atoms with van der Waals surface area (Å²) in [6.45, 7) is 0. The third-order valence-corrected chi connectivity index (χ3v) is 55.2. The maximum atomic E-state index is 9.32. The highest BCUT2D eigenvalue weighted by atomic mass is 32.3. The molecular weight excluding hydrogens is 1620 g/mol. The molecule has 0 unspecified atom stereocenters. The van der Waals surface area contributed by atoms with Crippen molar-refractivity contribution in [3.63, 3.8) is 0 Å². The van der Waals surface area contributed by atoms with Crippen LogP contribution < -0.4 is 0 Å². The minimum atomic E-state index is 0.581. The first-order valence-electron chi connectivity index (χ1n) is 23.5. The normalized spacial score (nSPS) is 20.1. The minimum Gasteiger partial charge on any atom is -0.198 e. The summed E-state index contributed by atoms with van der Waals surface area (Å²) in [6, 6.07) is 4.71. The van der Waals surface area contributed by atoms with Crippen LogP contribution in [0.15, 0.2) is 102 Å². The van der Waals surface area contributed by atoms with Crippen LogP contribution >= 0.6 is 376 Å². The van der Waals surface area contributed by atoms with Gasteiger partial charge in [-0.3, -0.25) is 0 Å². The topological polar surface area (TPSA) is 47.6 Å². The molecular formula is C47H50N2S32. The van der Waals surface area contributed by atoms with Crippen LogP contribution in [0.2, 0.25) is 0 Å². The van der Waals surface area contributed by atoms with Crippen molar-refractivity contribution in [2.24, 2.45) is 0 Å². The largest absolute Gasteiger partial charge is 0.198 e. The summed E-state index contributed by atoms with van der Waals surface area (Å²) in [6.07, 6.45) is 22.2. The lowest BCUT2D eigenvalue weighted by Gasteiger charge is -2.07. The van der Waals surface area contributed by atoms with E-state index in [2.05, 4.69) is 109 Å². The van der Waals surface area contributed by atoms with Gasteiger partial charge >= 0.3 is 0 Å². The Kier molecular flexibility index (Phi) is 37.0. The van der Waals surface area contributed by atoms with E-state index in [4.69, 9.17) is 0 Å². The number of hydrogen-bond donors (Lipinski definition) is 0. The minimum absolute atomic E-state index is 0.581. The summed E-state index contributed by atoms with van der Waals surface area (Å²) in [4.78, 5) is 0. The van der Waals surface area contributed by atoms with E-state index in [-0.39, 0.29) is 0 Å². The number of nitrogens with zero attached hydrogens (tertiary/aromatic N) is 2. The predicted molar refractivity (Wildman–Crippen MR) is 448 cm³/mol. The molecule has 0 aliphatic carbocycles. The van der Waals surface area contributed by atoms with Gasteiger partial charge in [0.15, 0.2) is 0 Å². The van der Waals surface area contributed by atoms with E-state index in [1.807, 2.05) is 329 Å². The quantitative estimate of drug-likeness (QED) is 0.0600. The highest BCUT2D eigenvalue weighted by molar-refractivity contribution is 8.49. The molecule has 0 spiro atoms. The summed E-state index contributed by atoms with van der Waals surface area (Å²) in [5, 5.41) is 18.6. The molecule has 0 aromatic rings. The first kappa shape index (κ1) is 73.9. The monoisotopic (exact) mass is 1670 g/mol. The van der Waals surface area contributed by atoms with E-state index in [1.165, 1.54) is 108 Å². The van der Waals surface area contributed by atoms with Crippen LogP contribution in [0.25, 0.3) is 0 Å². The average Bonchev–Trinajstić information content (AvgIpc) is 4.39. The summed E-state index contributed by atoms with van der Waals surface area (Å²) >= 11 is 62.7.